The summed E-state index contributed by atoms with van der Waals surface area (Å²) in [5, 5.41) is 13.8. The summed E-state index contributed by atoms with van der Waals surface area (Å²) in [5.41, 5.74) is 6.22. The topological polar surface area (TPSA) is 143 Å². The SMILES string of the molecule is C[C@H](CC(F)(F)F)Nc1ncc2c(-c3ccc(CN4CCN(CCCOCCCc5ccc6c(c5)n(C)c(=O)n6C5CCC(=O)N(C)C5=O)CC4)cc3)cn(C3CCC(O)CC3)c2n1. The smallest absolute Gasteiger partial charge is 0.391 e. The number of aromatic nitrogens is 5. The molecule has 3 aromatic heterocycles. The third kappa shape index (κ3) is 10.4. The molecule has 1 unspecified atom stereocenters. The number of likely N-dealkylation sites (tertiary alicyclic amines) is 1. The summed E-state index contributed by atoms with van der Waals surface area (Å²) in [5.74, 6) is -0.398. The Kier molecular flexibility index (Phi) is 13.9. The van der Waals surface area contributed by atoms with E-state index in [9.17, 15) is 32.7 Å². The van der Waals surface area contributed by atoms with E-state index in [1.54, 1.807) is 17.8 Å². The van der Waals surface area contributed by atoms with E-state index >= 15 is 0 Å². The summed E-state index contributed by atoms with van der Waals surface area (Å²) in [6, 6.07) is 13.1. The Morgan fingerprint density at radius 2 is 1.59 bits per heavy atom. The van der Waals surface area contributed by atoms with Gasteiger partial charge in [0, 0.05) is 108 Å². The quantitative estimate of drug-likeness (QED) is 0.0838. The number of ether oxygens (including phenoxy) is 1. The van der Waals surface area contributed by atoms with E-state index in [1.165, 1.54) is 24.1 Å². The van der Waals surface area contributed by atoms with Gasteiger partial charge in [0.15, 0.2) is 0 Å². The molecule has 0 spiro atoms. The first kappa shape index (κ1) is 45.5. The zero-order chi connectivity index (χ0) is 45.1. The van der Waals surface area contributed by atoms with Gasteiger partial charge in [0.25, 0.3) is 5.91 Å². The van der Waals surface area contributed by atoms with Crippen LogP contribution in [0, 0.1) is 0 Å². The molecule has 2 saturated heterocycles. The standard InChI is InChI=1S/C47H60F3N9O5/c1-31(27-47(48,49)50)52-45-51-28-37-38(30-58(43(37)53-45)35-12-14-36(60)15-13-35)34-10-7-33(8-11-34)29-57-22-20-56(21-23-57)19-5-25-64-24-4-6-32-9-16-39-41(26-32)54(2)46(63)59(39)40-17-18-42(61)55(3)44(40)62/h7-11,16,26,28,30-31,35-36,40,60H,4-6,12-15,17-25,27,29H2,1-3H3,(H,51,52,53)/t31-,35?,36?,40?/m1/s1. The summed E-state index contributed by atoms with van der Waals surface area (Å²) < 4.78 is 50.4. The number of anilines is 1. The largest absolute Gasteiger partial charge is 0.393 e. The molecular formula is C47H60F3N9O5. The van der Waals surface area contributed by atoms with Crippen molar-refractivity contribution in [1.29, 1.82) is 0 Å². The lowest BCUT2D eigenvalue weighted by Gasteiger charge is -2.34. The summed E-state index contributed by atoms with van der Waals surface area (Å²) in [6.07, 6.45) is 4.36. The Labute approximate surface area is 371 Å². The third-order valence-corrected chi connectivity index (χ3v) is 13.3. The van der Waals surface area contributed by atoms with Gasteiger partial charge in [0.05, 0.1) is 23.6 Å². The number of aliphatic hydroxyl groups excluding tert-OH is 1. The van der Waals surface area contributed by atoms with Crippen LogP contribution in [0.25, 0.3) is 33.2 Å². The Bertz CT molecular complexity index is 2480. The number of amides is 2. The van der Waals surface area contributed by atoms with Crippen LogP contribution in [0.2, 0.25) is 0 Å². The molecule has 3 fully saturated rings. The van der Waals surface area contributed by atoms with Crippen molar-refractivity contribution in [3.05, 3.63) is 76.5 Å². The molecule has 1 saturated carbocycles. The van der Waals surface area contributed by atoms with Crippen LogP contribution in [-0.2, 0) is 34.3 Å². The van der Waals surface area contributed by atoms with Crippen molar-refractivity contribution >= 4 is 39.8 Å². The molecule has 8 rings (SSSR count). The number of hydrogen-bond acceptors (Lipinski definition) is 10. The van der Waals surface area contributed by atoms with E-state index in [0.717, 1.165) is 104 Å². The number of alkyl halides is 3. The molecule has 14 nitrogen and oxygen atoms in total. The van der Waals surface area contributed by atoms with E-state index in [2.05, 4.69) is 55.1 Å². The number of likely N-dealkylation sites (N-methyl/N-ethyl adjacent to an activating group) is 1. The highest BCUT2D eigenvalue weighted by Gasteiger charge is 2.35. The van der Waals surface area contributed by atoms with E-state index in [0.29, 0.717) is 43.6 Å². The van der Waals surface area contributed by atoms with Gasteiger partial charge in [-0.2, -0.15) is 18.2 Å². The lowest BCUT2D eigenvalue weighted by Crippen LogP contribution is -2.46. The maximum atomic E-state index is 13.2. The number of carbonyl (C=O) groups is 2. The van der Waals surface area contributed by atoms with Gasteiger partial charge in [0.1, 0.15) is 11.7 Å². The van der Waals surface area contributed by atoms with Gasteiger partial charge in [0.2, 0.25) is 11.9 Å². The first-order chi connectivity index (χ1) is 30.7. The number of imide groups is 1. The number of nitrogens with zero attached hydrogens (tertiary/aromatic N) is 8. The van der Waals surface area contributed by atoms with Crippen molar-refractivity contribution in [2.24, 2.45) is 7.05 Å². The zero-order valence-corrected chi connectivity index (χ0v) is 37.0. The number of halogens is 3. The average Bonchev–Trinajstić information content (AvgIpc) is 3.76. The second kappa shape index (κ2) is 19.6. The van der Waals surface area contributed by atoms with Crippen LogP contribution in [0.5, 0.6) is 0 Å². The molecule has 0 bridgehead atoms. The van der Waals surface area contributed by atoms with Gasteiger partial charge in [-0.3, -0.25) is 28.5 Å². The molecule has 3 aliphatic rings. The number of hydrogen-bond donors (Lipinski definition) is 2. The van der Waals surface area contributed by atoms with E-state index in [-0.39, 0.29) is 42.0 Å². The van der Waals surface area contributed by atoms with Crippen molar-refractivity contribution in [3.63, 3.8) is 0 Å². The van der Waals surface area contributed by atoms with Gasteiger partial charge < -0.3 is 24.6 Å². The Balaban J connectivity index is 0.777. The second-order valence-corrected chi connectivity index (χ2v) is 18.0. The Morgan fingerprint density at radius 1 is 0.891 bits per heavy atom. The van der Waals surface area contributed by atoms with Crippen LogP contribution in [0.4, 0.5) is 19.1 Å². The number of rotatable bonds is 16. The van der Waals surface area contributed by atoms with Crippen LogP contribution in [0.1, 0.15) is 87.9 Å². The normalized spacial score (nSPS) is 21.0. The Hall–Kier alpha value is -5.10. The summed E-state index contributed by atoms with van der Waals surface area (Å²) >= 11 is 0. The molecule has 0 radical (unpaired) electrons. The monoisotopic (exact) mass is 887 g/mol. The molecule has 2 amide bonds. The molecule has 1 aliphatic carbocycles. The third-order valence-electron chi connectivity index (χ3n) is 13.3. The van der Waals surface area contributed by atoms with Gasteiger partial charge in [-0.25, -0.2) is 9.78 Å². The van der Waals surface area contributed by atoms with Crippen LogP contribution >= 0.6 is 0 Å². The van der Waals surface area contributed by atoms with E-state index in [4.69, 9.17) is 9.72 Å². The van der Waals surface area contributed by atoms with Crippen LogP contribution < -0.4 is 11.0 Å². The minimum absolute atomic E-state index is 0.126. The molecule has 5 heterocycles. The van der Waals surface area contributed by atoms with Crippen molar-refractivity contribution < 1.29 is 32.6 Å². The fraction of sp³-hybridized carbons (Fsp3) is 0.553. The number of fused-ring (bicyclic) bond motifs is 2. The van der Waals surface area contributed by atoms with Gasteiger partial charge in [-0.1, -0.05) is 30.3 Å². The molecule has 17 heteroatoms. The minimum atomic E-state index is -4.29. The van der Waals surface area contributed by atoms with E-state index in [1.807, 2.05) is 18.2 Å². The second-order valence-electron chi connectivity index (χ2n) is 18.0. The number of benzene rings is 2. The molecule has 64 heavy (non-hydrogen) atoms. The first-order valence-electron chi connectivity index (χ1n) is 22.7. The van der Waals surface area contributed by atoms with Crippen LogP contribution in [0.15, 0.2) is 59.7 Å². The highest BCUT2D eigenvalue weighted by Crippen LogP contribution is 2.37. The number of nitrogens with one attached hydrogen (secondary N) is 1. The number of piperidine rings is 1. The van der Waals surface area contributed by atoms with Gasteiger partial charge in [-0.15, -0.1) is 0 Å². The number of aliphatic hydroxyl groups is 1. The highest BCUT2D eigenvalue weighted by atomic mass is 19.4. The summed E-state index contributed by atoms with van der Waals surface area (Å²) in [7, 11) is 3.19. The van der Waals surface area contributed by atoms with Crippen molar-refractivity contribution in [1.82, 2.24) is 38.4 Å². The van der Waals surface area contributed by atoms with Crippen molar-refractivity contribution in [2.45, 2.75) is 108 Å². The number of piperazine rings is 1. The van der Waals surface area contributed by atoms with Crippen LogP contribution in [-0.4, -0.2) is 127 Å². The molecule has 5 aromatic rings. The molecular weight excluding hydrogens is 828 g/mol. The fourth-order valence-corrected chi connectivity index (χ4v) is 9.66. The van der Waals surface area contributed by atoms with Gasteiger partial charge >= 0.3 is 11.9 Å². The van der Waals surface area contributed by atoms with Crippen LogP contribution in [0.3, 0.4) is 0 Å². The summed E-state index contributed by atoms with van der Waals surface area (Å²) in [4.78, 5) is 53.3. The number of imidazole rings is 1. The summed E-state index contributed by atoms with van der Waals surface area (Å²) in [6.45, 7) is 8.62. The molecule has 344 valence electrons. The maximum Gasteiger partial charge on any atom is 0.391 e. The van der Waals surface area contributed by atoms with Crippen molar-refractivity contribution in [3.8, 4) is 11.1 Å². The minimum Gasteiger partial charge on any atom is -0.393 e. The predicted molar refractivity (Wildman–Crippen MR) is 239 cm³/mol. The average molecular weight is 888 g/mol. The molecule has 2 atom stereocenters. The fourth-order valence-electron chi connectivity index (χ4n) is 9.66. The number of aryl methyl sites for hydroxylation is 2. The first-order valence-corrected chi connectivity index (χ1v) is 22.7. The predicted octanol–water partition coefficient (Wildman–Crippen LogP) is 6.46. The molecule has 2 aromatic carbocycles. The lowest BCUT2D eigenvalue weighted by molar-refractivity contribution is -0.149. The lowest BCUT2D eigenvalue weighted by atomic mass is 9.93. The zero-order valence-electron chi connectivity index (χ0n) is 37.0. The van der Waals surface area contributed by atoms with Crippen molar-refractivity contribution in [2.75, 3.05) is 58.3 Å². The molecule has 2 N–H and O–H groups in total. The van der Waals surface area contributed by atoms with Gasteiger partial charge in [-0.05, 0) is 87.1 Å². The Morgan fingerprint density at radius 3 is 2.33 bits per heavy atom. The molecule has 2 aliphatic heterocycles. The highest BCUT2D eigenvalue weighted by molar-refractivity contribution is 6.00. The van der Waals surface area contributed by atoms with E-state index < -0.39 is 24.7 Å². The number of carbonyl (C=O) groups excluding carboxylic acids is 2. The maximum absolute atomic E-state index is 13.2.